The van der Waals surface area contributed by atoms with Gasteiger partial charge in [0.15, 0.2) is 0 Å². The quantitative estimate of drug-likeness (QED) is 0.194. The number of benzene rings is 8. The summed E-state index contributed by atoms with van der Waals surface area (Å²) in [6.45, 7) is 0. The minimum absolute atomic E-state index is 0.469. The van der Waals surface area contributed by atoms with Gasteiger partial charge in [-0.2, -0.15) is 0 Å². The smallest absolute Gasteiger partial charge is 0.0719 e. The number of fused-ring (bicyclic) bond motifs is 7. The molecule has 0 bridgehead atoms. The molecule has 1 aliphatic carbocycles. The molecule has 0 N–H and O–H groups in total. The molecule has 8 aromatic rings. The van der Waals surface area contributed by atoms with Gasteiger partial charge in [0.2, 0.25) is 0 Å². The summed E-state index contributed by atoms with van der Waals surface area (Å²) < 4.78 is 0. The van der Waals surface area contributed by atoms with Crippen LogP contribution >= 0.6 is 11.8 Å². The molecule has 214 valence electrons. The molecular formula is C45H28S. The average Bonchev–Trinajstić information content (AvgIpc) is 3.44. The van der Waals surface area contributed by atoms with Crippen LogP contribution in [-0.2, 0) is 5.41 Å². The van der Waals surface area contributed by atoms with Crippen LogP contribution in [0.5, 0.6) is 0 Å². The van der Waals surface area contributed by atoms with E-state index in [9.17, 15) is 0 Å². The maximum atomic E-state index is 2.47. The van der Waals surface area contributed by atoms with Crippen molar-refractivity contribution in [3.05, 3.63) is 192 Å². The van der Waals surface area contributed by atoms with Crippen LogP contribution in [0.4, 0.5) is 0 Å². The van der Waals surface area contributed by atoms with Crippen molar-refractivity contribution in [1.82, 2.24) is 0 Å². The summed E-state index contributed by atoms with van der Waals surface area (Å²) in [6.07, 6.45) is 0. The van der Waals surface area contributed by atoms with E-state index in [1.807, 2.05) is 11.8 Å². The van der Waals surface area contributed by atoms with Gasteiger partial charge in [-0.25, -0.2) is 0 Å². The second-order valence-corrected chi connectivity index (χ2v) is 13.4. The van der Waals surface area contributed by atoms with Gasteiger partial charge in [0.1, 0.15) is 0 Å². The molecule has 1 atom stereocenters. The van der Waals surface area contributed by atoms with Crippen LogP contribution in [0.1, 0.15) is 22.3 Å². The predicted octanol–water partition coefficient (Wildman–Crippen LogP) is 12.2. The van der Waals surface area contributed by atoms with E-state index in [0.29, 0.717) is 0 Å². The van der Waals surface area contributed by atoms with Crippen molar-refractivity contribution in [3.63, 3.8) is 0 Å². The molecule has 10 rings (SSSR count). The molecule has 0 spiro atoms. The monoisotopic (exact) mass is 600 g/mol. The molecule has 0 aromatic heterocycles. The standard InChI is InChI=1S/C45H28S/c1-2-15-32(16-3-1)45(40-22-8-6-19-36(40)39-27-24-29-12-4-5-18-34(29)43(39)45)33-17-10-14-31(28-33)35-26-25-30-13-11-21-38-37-20-7-9-23-41(37)46-44(35)42(30)38/h1-28H. The summed E-state index contributed by atoms with van der Waals surface area (Å²) in [5.74, 6) is 0. The lowest BCUT2D eigenvalue weighted by molar-refractivity contribution is 0.776. The summed E-state index contributed by atoms with van der Waals surface area (Å²) in [6, 6.07) is 63.3. The molecule has 0 fully saturated rings. The van der Waals surface area contributed by atoms with Gasteiger partial charge in [0, 0.05) is 15.2 Å². The first-order valence-electron chi connectivity index (χ1n) is 15.9. The zero-order chi connectivity index (χ0) is 30.2. The van der Waals surface area contributed by atoms with Crippen molar-refractivity contribution < 1.29 is 0 Å². The van der Waals surface area contributed by atoms with Gasteiger partial charge in [-0.1, -0.05) is 169 Å². The van der Waals surface area contributed by atoms with E-state index < -0.39 is 5.41 Å². The molecule has 0 nitrogen and oxygen atoms in total. The minimum atomic E-state index is -0.469. The second-order valence-electron chi connectivity index (χ2n) is 12.4. The summed E-state index contributed by atoms with van der Waals surface area (Å²) >= 11 is 1.91. The van der Waals surface area contributed by atoms with Crippen LogP contribution in [0, 0.1) is 0 Å². The van der Waals surface area contributed by atoms with Crippen LogP contribution in [0.25, 0.3) is 54.9 Å². The van der Waals surface area contributed by atoms with Gasteiger partial charge in [-0.3, -0.25) is 0 Å². The van der Waals surface area contributed by atoms with Crippen LogP contribution in [0.2, 0.25) is 0 Å². The van der Waals surface area contributed by atoms with Crippen LogP contribution in [0.15, 0.2) is 180 Å². The van der Waals surface area contributed by atoms with Crippen LogP contribution < -0.4 is 0 Å². The third-order valence-electron chi connectivity index (χ3n) is 10.1. The zero-order valence-corrected chi connectivity index (χ0v) is 25.9. The Morgan fingerprint density at radius 1 is 0.413 bits per heavy atom. The molecule has 1 aliphatic heterocycles. The highest BCUT2D eigenvalue weighted by Gasteiger charge is 2.47. The van der Waals surface area contributed by atoms with Crippen molar-refractivity contribution in [3.8, 4) is 33.4 Å². The number of rotatable bonds is 3. The lowest BCUT2D eigenvalue weighted by Gasteiger charge is -2.35. The lowest BCUT2D eigenvalue weighted by Crippen LogP contribution is -2.29. The third kappa shape index (κ3) is 3.47. The Morgan fingerprint density at radius 3 is 2.02 bits per heavy atom. The Labute approximate surface area is 273 Å². The highest BCUT2D eigenvalue weighted by molar-refractivity contribution is 8.00. The molecule has 46 heavy (non-hydrogen) atoms. The first-order chi connectivity index (χ1) is 22.8. The predicted molar refractivity (Wildman–Crippen MR) is 194 cm³/mol. The minimum Gasteiger partial charge on any atom is -0.0881 e. The fraction of sp³-hybridized carbons (Fsp3) is 0.0222. The van der Waals surface area contributed by atoms with Crippen LogP contribution in [0.3, 0.4) is 0 Å². The lowest BCUT2D eigenvalue weighted by atomic mass is 9.66. The Balaban J connectivity index is 1.29. The largest absolute Gasteiger partial charge is 0.0881 e. The van der Waals surface area contributed by atoms with Gasteiger partial charge in [0.05, 0.1) is 5.41 Å². The molecular weight excluding hydrogens is 573 g/mol. The Kier molecular flexibility index (Phi) is 5.53. The molecule has 0 amide bonds. The zero-order valence-electron chi connectivity index (χ0n) is 25.1. The van der Waals surface area contributed by atoms with Crippen molar-refractivity contribution in [2.75, 3.05) is 0 Å². The molecule has 0 radical (unpaired) electrons. The first kappa shape index (κ1) is 25.9. The molecule has 1 unspecified atom stereocenters. The van der Waals surface area contributed by atoms with E-state index in [4.69, 9.17) is 0 Å². The number of hydrogen-bond donors (Lipinski definition) is 0. The second kappa shape index (κ2) is 9.81. The Bertz CT molecular complexity index is 2510. The molecule has 1 heterocycles. The summed E-state index contributed by atoms with van der Waals surface area (Å²) in [5.41, 5.74) is 12.7. The Morgan fingerprint density at radius 2 is 1.09 bits per heavy atom. The number of hydrogen-bond acceptors (Lipinski definition) is 1. The molecule has 0 saturated heterocycles. The van der Waals surface area contributed by atoms with Crippen molar-refractivity contribution in [2.45, 2.75) is 15.2 Å². The highest BCUT2D eigenvalue weighted by atomic mass is 32.2. The van der Waals surface area contributed by atoms with Crippen molar-refractivity contribution in [2.24, 2.45) is 0 Å². The molecule has 2 aliphatic rings. The molecule has 1 heteroatoms. The maximum absolute atomic E-state index is 2.47. The van der Waals surface area contributed by atoms with E-state index >= 15 is 0 Å². The third-order valence-corrected chi connectivity index (χ3v) is 11.3. The van der Waals surface area contributed by atoms with Crippen LogP contribution in [-0.4, -0.2) is 0 Å². The highest BCUT2D eigenvalue weighted by Crippen LogP contribution is 2.59. The normalized spacial score (nSPS) is 15.8. The SMILES string of the molecule is c1ccc(C2(c3cccc(-c4ccc5cccc6c5c4Sc4ccccc4-6)c3)c3ccccc3-c3ccc4ccccc4c32)cc1. The van der Waals surface area contributed by atoms with Gasteiger partial charge in [-0.05, 0) is 83.9 Å². The van der Waals surface area contributed by atoms with Gasteiger partial charge in [0.25, 0.3) is 0 Å². The fourth-order valence-corrected chi connectivity index (χ4v) is 9.53. The van der Waals surface area contributed by atoms with E-state index in [0.717, 1.165) is 0 Å². The fourth-order valence-electron chi connectivity index (χ4n) is 8.25. The van der Waals surface area contributed by atoms with E-state index in [-0.39, 0.29) is 0 Å². The molecule has 0 saturated carbocycles. The topological polar surface area (TPSA) is 0 Å². The van der Waals surface area contributed by atoms with Gasteiger partial charge >= 0.3 is 0 Å². The van der Waals surface area contributed by atoms with Crippen molar-refractivity contribution in [1.29, 1.82) is 0 Å². The van der Waals surface area contributed by atoms with E-state index in [1.165, 1.54) is 87.0 Å². The summed E-state index contributed by atoms with van der Waals surface area (Å²) in [4.78, 5) is 2.66. The van der Waals surface area contributed by atoms with Crippen molar-refractivity contribution >= 4 is 33.3 Å². The summed E-state index contributed by atoms with van der Waals surface area (Å²) in [7, 11) is 0. The van der Waals surface area contributed by atoms with Gasteiger partial charge in [-0.15, -0.1) is 0 Å². The van der Waals surface area contributed by atoms with Gasteiger partial charge < -0.3 is 0 Å². The maximum Gasteiger partial charge on any atom is 0.0719 e. The van der Waals surface area contributed by atoms with E-state index in [1.54, 1.807) is 0 Å². The average molecular weight is 601 g/mol. The first-order valence-corrected chi connectivity index (χ1v) is 16.8. The summed E-state index contributed by atoms with van der Waals surface area (Å²) in [5, 5.41) is 5.23. The Hall–Kier alpha value is -5.37. The molecule has 8 aromatic carbocycles. The van der Waals surface area contributed by atoms with E-state index in [2.05, 4.69) is 170 Å².